The zero-order chi connectivity index (χ0) is 14.2. The largest absolute Gasteiger partial charge is 0.395 e. The highest BCUT2D eigenvalue weighted by atomic mass is 16.5. The molecule has 1 unspecified atom stereocenters. The third-order valence-electron chi connectivity index (χ3n) is 3.35. The number of morpholine rings is 1. The van der Waals surface area contributed by atoms with Crippen LogP contribution < -0.4 is 5.32 Å². The maximum Gasteiger partial charge on any atom is 0.225 e. The number of carbonyl (C=O) groups excluding carboxylic acids is 1. The van der Waals surface area contributed by atoms with Crippen LogP contribution in [0.25, 0.3) is 0 Å². The second-order valence-electron chi connectivity index (χ2n) is 4.93. The molecule has 0 saturated carbocycles. The highest BCUT2D eigenvalue weighted by molar-refractivity contribution is 5.76. The number of nitrogens with one attached hydrogen (secondary N) is 1. The van der Waals surface area contributed by atoms with Gasteiger partial charge in [0.1, 0.15) is 0 Å². The van der Waals surface area contributed by atoms with Crippen molar-refractivity contribution < 1.29 is 14.6 Å². The number of carbonyl (C=O) groups is 1. The molecule has 110 valence electrons. The van der Waals surface area contributed by atoms with E-state index in [1.54, 1.807) is 4.90 Å². The van der Waals surface area contributed by atoms with Gasteiger partial charge in [-0.3, -0.25) is 4.79 Å². The highest BCUT2D eigenvalue weighted by Crippen LogP contribution is 2.09. The molecule has 0 spiro atoms. The van der Waals surface area contributed by atoms with Gasteiger partial charge in [-0.1, -0.05) is 30.3 Å². The third-order valence-corrected chi connectivity index (χ3v) is 3.35. The summed E-state index contributed by atoms with van der Waals surface area (Å²) in [5.74, 6) is 0.0246. The van der Waals surface area contributed by atoms with Crippen LogP contribution in [0.2, 0.25) is 0 Å². The van der Waals surface area contributed by atoms with Crippen LogP contribution in [0.5, 0.6) is 0 Å². The van der Waals surface area contributed by atoms with Gasteiger partial charge >= 0.3 is 0 Å². The number of hydrogen-bond acceptors (Lipinski definition) is 4. The van der Waals surface area contributed by atoms with Crippen LogP contribution in [0.4, 0.5) is 0 Å². The quantitative estimate of drug-likeness (QED) is 0.790. The monoisotopic (exact) mass is 278 g/mol. The molecule has 1 amide bonds. The van der Waals surface area contributed by atoms with Gasteiger partial charge in [0.25, 0.3) is 0 Å². The van der Waals surface area contributed by atoms with E-state index in [0.29, 0.717) is 32.7 Å². The standard InChI is InChI=1S/C15H22N2O3/c18-8-7-17(12-13-4-2-1-3-5-13)15(19)10-14-11-16-6-9-20-14/h1-5,14,16,18H,6-12H2. The SMILES string of the molecule is O=C(CC1CNCCO1)N(CCO)Cc1ccccc1. The minimum atomic E-state index is -0.0618. The van der Waals surface area contributed by atoms with Gasteiger partial charge in [-0.2, -0.15) is 0 Å². The molecule has 1 aliphatic heterocycles. The van der Waals surface area contributed by atoms with Crippen molar-refractivity contribution in [1.82, 2.24) is 10.2 Å². The summed E-state index contributed by atoms with van der Waals surface area (Å²) in [4.78, 5) is 14.0. The fraction of sp³-hybridized carbons (Fsp3) is 0.533. The fourth-order valence-corrected chi connectivity index (χ4v) is 2.29. The zero-order valence-corrected chi connectivity index (χ0v) is 11.6. The number of benzene rings is 1. The molecule has 1 fully saturated rings. The molecule has 0 aliphatic carbocycles. The van der Waals surface area contributed by atoms with E-state index in [9.17, 15) is 4.79 Å². The molecule has 5 heteroatoms. The molecule has 1 atom stereocenters. The lowest BCUT2D eigenvalue weighted by Crippen LogP contribution is -2.42. The van der Waals surface area contributed by atoms with Crippen molar-refractivity contribution in [1.29, 1.82) is 0 Å². The van der Waals surface area contributed by atoms with Crippen molar-refractivity contribution >= 4 is 5.91 Å². The summed E-state index contributed by atoms with van der Waals surface area (Å²) in [6.07, 6.45) is 0.299. The Kier molecular flexibility index (Phi) is 5.98. The van der Waals surface area contributed by atoms with Crippen molar-refractivity contribution in [2.45, 2.75) is 19.1 Å². The molecule has 5 nitrogen and oxygen atoms in total. The Labute approximate surface area is 119 Å². The van der Waals surface area contributed by atoms with Gasteiger partial charge in [0.05, 0.1) is 25.7 Å². The number of aliphatic hydroxyl groups is 1. The lowest BCUT2D eigenvalue weighted by atomic mass is 10.1. The van der Waals surface area contributed by atoms with Crippen LogP contribution in [0, 0.1) is 0 Å². The summed E-state index contributed by atoms with van der Waals surface area (Å²) in [5.41, 5.74) is 1.07. The van der Waals surface area contributed by atoms with E-state index in [0.717, 1.165) is 12.1 Å². The maximum atomic E-state index is 12.3. The smallest absolute Gasteiger partial charge is 0.225 e. The molecule has 1 aromatic carbocycles. The summed E-state index contributed by atoms with van der Waals surface area (Å²) < 4.78 is 5.55. The zero-order valence-electron chi connectivity index (χ0n) is 11.6. The predicted octanol–water partition coefficient (Wildman–Crippen LogP) is 0.386. The molecule has 1 aromatic rings. The van der Waals surface area contributed by atoms with Crippen LogP contribution in [0.15, 0.2) is 30.3 Å². The first-order valence-corrected chi connectivity index (χ1v) is 7.04. The van der Waals surface area contributed by atoms with E-state index < -0.39 is 0 Å². The molecular formula is C15H22N2O3. The predicted molar refractivity (Wildman–Crippen MR) is 76.2 cm³/mol. The van der Waals surface area contributed by atoms with Crippen molar-refractivity contribution in [3.63, 3.8) is 0 Å². The Hall–Kier alpha value is -1.43. The molecule has 1 aliphatic rings. The Morgan fingerprint density at radius 1 is 1.40 bits per heavy atom. The van der Waals surface area contributed by atoms with E-state index in [1.807, 2.05) is 30.3 Å². The van der Waals surface area contributed by atoms with Crippen LogP contribution >= 0.6 is 0 Å². The molecule has 2 rings (SSSR count). The molecule has 1 heterocycles. The minimum Gasteiger partial charge on any atom is -0.395 e. The summed E-state index contributed by atoms with van der Waals surface area (Å²) in [5, 5.41) is 12.3. The van der Waals surface area contributed by atoms with Gasteiger partial charge in [-0.05, 0) is 5.56 Å². The van der Waals surface area contributed by atoms with E-state index in [4.69, 9.17) is 9.84 Å². The number of ether oxygens (including phenoxy) is 1. The van der Waals surface area contributed by atoms with Crippen molar-refractivity contribution in [3.05, 3.63) is 35.9 Å². The van der Waals surface area contributed by atoms with Gasteiger partial charge in [0.15, 0.2) is 0 Å². The second kappa shape index (κ2) is 7.99. The van der Waals surface area contributed by atoms with Crippen LogP contribution in [0.1, 0.15) is 12.0 Å². The van der Waals surface area contributed by atoms with Crippen molar-refractivity contribution in [3.8, 4) is 0 Å². The van der Waals surface area contributed by atoms with E-state index in [1.165, 1.54) is 0 Å². The number of aliphatic hydroxyl groups excluding tert-OH is 1. The Bertz CT molecular complexity index is 405. The summed E-state index contributed by atoms with van der Waals surface area (Å²) >= 11 is 0. The van der Waals surface area contributed by atoms with Crippen molar-refractivity contribution in [2.75, 3.05) is 32.8 Å². The van der Waals surface area contributed by atoms with Gasteiger partial charge in [0, 0.05) is 26.2 Å². The second-order valence-corrected chi connectivity index (χ2v) is 4.93. The first-order chi connectivity index (χ1) is 9.79. The number of amides is 1. The summed E-state index contributed by atoms with van der Waals surface area (Å²) in [6.45, 7) is 3.06. The Balaban J connectivity index is 1.91. The number of hydrogen-bond donors (Lipinski definition) is 2. The first-order valence-electron chi connectivity index (χ1n) is 7.04. The lowest BCUT2D eigenvalue weighted by Gasteiger charge is -2.27. The van der Waals surface area contributed by atoms with Crippen LogP contribution in [-0.2, 0) is 16.1 Å². The Morgan fingerprint density at radius 3 is 2.85 bits per heavy atom. The van der Waals surface area contributed by atoms with Crippen LogP contribution in [0.3, 0.4) is 0 Å². The van der Waals surface area contributed by atoms with Crippen molar-refractivity contribution in [2.24, 2.45) is 0 Å². The van der Waals surface area contributed by atoms with Crippen LogP contribution in [-0.4, -0.2) is 54.9 Å². The summed E-state index contributed by atoms with van der Waals surface area (Å²) in [6, 6.07) is 9.81. The normalized spacial score (nSPS) is 18.8. The molecule has 0 aromatic heterocycles. The van der Waals surface area contributed by atoms with Gasteiger partial charge < -0.3 is 20.1 Å². The molecule has 0 bridgehead atoms. The molecule has 1 saturated heterocycles. The highest BCUT2D eigenvalue weighted by Gasteiger charge is 2.21. The van der Waals surface area contributed by atoms with E-state index >= 15 is 0 Å². The fourth-order valence-electron chi connectivity index (χ4n) is 2.29. The average molecular weight is 278 g/mol. The average Bonchev–Trinajstić information content (AvgIpc) is 2.49. The molecule has 2 N–H and O–H groups in total. The topological polar surface area (TPSA) is 61.8 Å². The minimum absolute atomic E-state index is 0.0246. The molecule has 0 radical (unpaired) electrons. The van der Waals surface area contributed by atoms with Gasteiger partial charge in [0.2, 0.25) is 5.91 Å². The van der Waals surface area contributed by atoms with Gasteiger partial charge in [-0.15, -0.1) is 0 Å². The maximum absolute atomic E-state index is 12.3. The number of nitrogens with zero attached hydrogens (tertiary/aromatic N) is 1. The first kappa shape index (κ1) is 15.0. The molecular weight excluding hydrogens is 256 g/mol. The third kappa shape index (κ3) is 4.59. The van der Waals surface area contributed by atoms with E-state index in [-0.39, 0.29) is 18.6 Å². The van der Waals surface area contributed by atoms with Gasteiger partial charge in [-0.25, -0.2) is 0 Å². The Morgan fingerprint density at radius 2 is 2.20 bits per heavy atom. The lowest BCUT2D eigenvalue weighted by molar-refractivity contribution is -0.135. The van der Waals surface area contributed by atoms with E-state index in [2.05, 4.69) is 5.32 Å². The molecule has 20 heavy (non-hydrogen) atoms. The summed E-state index contributed by atoms with van der Waals surface area (Å²) in [7, 11) is 0. The number of rotatable bonds is 6.